The predicted octanol–water partition coefficient (Wildman–Crippen LogP) is 3.30. The van der Waals surface area contributed by atoms with Crippen LogP contribution in [0, 0.1) is 11.3 Å². The van der Waals surface area contributed by atoms with Crippen LogP contribution in [0.15, 0.2) is 54.1 Å². The lowest BCUT2D eigenvalue weighted by Gasteiger charge is -2.20. The molecule has 8 heteroatoms. The first-order valence-corrected chi connectivity index (χ1v) is 10.5. The summed E-state index contributed by atoms with van der Waals surface area (Å²) in [5, 5.41) is 10.1. The van der Waals surface area contributed by atoms with Crippen LogP contribution in [0.1, 0.15) is 49.2 Å². The van der Waals surface area contributed by atoms with E-state index in [-0.39, 0.29) is 24.3 Å². The number of rotatable bonds is 9. The highest BCUT2D eigenvalue weighted by Crippen LogP contribution is 2.16. The van der Waals surface area contributed by atoms with Gasteiger partial charge in [-0.1, -0.05) is 26.0 Å². The quantitative estimate of drug-likeness (QED) is 0.176. The molecule has 4 N–H and O–H groups in total. The Morgan fingerprint density at radius 1 is 1.03 bits per heavy atom. The van der Waals surface area contributed by atoms with Crippen molar-refractivity contribution in [2.75, 3.05) is 6.61 Å². The van der Waals surface area contributed by atoms with Gasteiger partial charge in [0.1, 0.15) is 17.6 Å². The molecule has 0 heterocycles. The van der Waals surface area contributed by atoms with Gasteiger partial charge in [0, 0.05) is 11.1 Å². The Morgan fingerprint density at radius 3 is 2.12 bits per heavy atom. The van der Waals surface area contributed by atoms with E-state index in [2.05, 4.69) is 5.32 Å². The van der Waals surface area contributed by atoms with Crippen LogP contribution >= 0.6 is 0 Å². The molecule has 174 valence electrons. The highest BCUT2D eigenvalue weighted by Gasteiger charge is 2.25. The number of nitrogen functional groups attached to an aromatic ring is 1. The molecule has 1 atom stereocenters. The molecule has 2 aromatic carbocycles. The zero-order chi connectivity index (χ0) is 24.5. The molecule has 1 amide bonds. The summed E-state index contributed by atoms with van der Waals surface area (Å²) in [7, 11) is 0. The van der Waals surface area contributed by atoms with E-state index >= 15 is 0 Å². The lowest BCUT2D eigenvalue weighted by Crippen LogP contribution is -2.45. The summed E-state index contributed by atoms with van der Waals surface area (Å²) in [5.41, 5.74) is 7.40. The molecule has 2 aromatic rings. The van der Waals surface area contributed by atoms with E-state index in [9.17, 15) is 14.4 Å². The summed E-state index contributed by atoms with van der Waals surface area (Å²) in [5.74, 6) is -1.23. The molecule has 0 fully saturated rings. The van der Waals surface area contributed by atoms with Crippen molar-refractivity contribution in [3.05, 3.63) is 70.8 Å². The number of hydrogen-bond acceptors (Lipinski definition) is 6. The molecule has 0 saturated carbocycles. The zero-order valence-corrected chi connectivity index (χ0v) is 19.2. The van der Waals surface area contributed by atoms with Crippen molar-refractivity contribution in [3.8, 4) is 5.75 Å². The Balaban J connectivity index is 2.04. The third-order valence-corrected chi connectivity index (χ3v) is 4.76. The van der Waals surface area contributed by atoms with Crippen LogP contribution < -0.4 is 15.8 Å². The molecule has 0 aliphatic rings. The Morgan fingerprint density at radius 2 is 1.61 bits per heavy atom. The molecule has 0 aliphatic heterocycles. The molecular formula is C25H29N3O5. The first kappa shape index (κ1) is 25.3. The molecule has 0 radical (unpaired) electrons. The third kappa shape index (κ3) is 7.31. The van der Waals surface area contributed by atoms with E-state index in [0.29, 0.717) is 28.0 Å². The zero-order valence-electron chi connectivity index (χ0n) is 19.2. The fourth-order valence-corrected chi connectivity index (χ4v) is 2.88. The summed E-state index contributed by atoms with van der Waals surface area (Å²) < 4.78 is 10.4. The highest BCUT2D eigenvalue weighted by atomic mass is 16.5. The second-order valence-electron chi connectivity index (χ2n) is 7.72. The van der Waals surface area contributed by atoms with Crippen molar-refractivity contribution >= 4 is 29.8 Å². The number of nitrogens with two attached hydrogens (primary N) is 1. The first-order chi connectivity index (χ1) is 15.6. The topological polar surface area (TPSA) is 132 Å². The maximum absolute atomic E-state index is 12.5. The predicted molar refractivity (Wildman–Crippen MR) is 126 cm³/mol. The maximum atomic E-state index is 12.5. The van der Waals surface area contributed by atoms with Gasteiger partial charge in [-0.25, -0.2) is 9.59 Å². The van der Waals surface area contributed by atoms with Gasteiger partial charge < -0.3 is 20.5 Å². The fraction of sp³-hybridized carbons (Fsp3) is 0.280. The minimum atomic E-state index is -0.734. The van der Waals surface area contributed by atoms with Gasteiger partial charge >= 0.3 is 11.9 Å². The van der Waals surface area contributed by atoms with E-state index < -0.39 is 18.0 Å². The lowest BCUT2D eigenvalue weighted by atomic mass is 10.0. The average Bonchev–Trinajstić information content (AvgIpc) is 2.77. The van der Waals surface area contributed by atoms with E-state index in [1.165, 1.54) is 0 Å². The van der Waals surface area contributed by atoms with E-state index in [0.717, 1.165) is 0 Å². The van der Waals surface area contributed by atoms with Gasteiger partial charge in [0.05, 0.1) is 12.2 Å². The smallest absolute Gasteiger partial charge is 0.343 e. The van der Waals surface area contributed by atoms with Gasteiger partial charge in [-0.3, -0.25) is 10.2 Å². The van der Waals surface area contributed by atoms with Crippen LogP contribution in [0.2, 0.25) is 0 Å². The Bertz CT molecular complexity index is 1040. The highest BCUT2D eigenvalue weighted by molar-refractivity contribution is 5.99. The van der Waals surface area contributed by atoms with Crippen LogP contribution in [0.3, 0.4) is 0 Å². The monoisotopic (exact) mass is 451 g/mol. The Hall–Kier alpha value is -3.94. The minimum Gasteiger partial charge on any atom is -0.464 e. The van der Waals surface area contributed by atoms with Crippen LogP contribution in [-0.2, 0) is 14.3 Å². The van der Waals surface area contributed by atoms with Crippen molar-refractivity contribution < 1.29 is 23.9 Å². The molecule has 0 aromatic heterocycles. The van der Waals surface area contributed by atoms with Crippen LogP contribution in [-0.4, -0.2) is 36.3 Å². The summed E-state index contributed by atoms with van der Waals surface area (Å²) in [6.45, 7) is 7.26. The molecule has 2 rings (SSSR count). The standard InChI is InChI=1S/C25H29N3O5/c1-5-32-25(31)21(15(2)3)28-23(29)16(4)14-17-6-8-19(9-7-17)24(30)33-20-12-10-18(11-13-20)22(26)27/h6-15,21H,5H2,1-4H3,(H3,26,27)(H,28,29)/b16-14+/t21-/m0/s1. The van der Waals surface area contributed by atoms with Crippen molar-refractivity contribution in [1.29, 1.82) is 5.41 Å². The maximum Gasteiger partial charge on any atom is 0.343 e. The van der Waals surface area contributed by atoms with Crippen molar-refractivity contribution in [2.45, 2.75) is 33.7 Å². The van der Waals surface area contributed by atoms with E-state index in [1.807, 2.05) is 13.8 Å². The number of nitrogens with one attached hydrogen (secondary N) is 2. The van der Waals surface area contributed by atoms with Gasteiger partial charge in [0.15, 0.2) is 0 Å². The van der Waals surface area contributed by atoms with Gasteiger partial charge in [0.25, 0.3) is 0 Å². The summed E-state index contributed by atoms with van der Waals surface area (Å²) >= 11 is 0. The van der Waals surface area contributed by atoms with E-state index in [1.54, 1.807) is 68.5 Å². The molecule has 0 unspecified atom stereocenters. The largest absolute Gasteiger partial charge is 0.464 e. The Labute approximate surface area is 193 Å². The Kier molecular flexibility index (Phi) is 8.91. The second kappa shape index (κ2) is 11.6. The number of carbonyl (C=O) groups excluding carboxylic acids is 3. The normalized spacial score (nSPS) is 12.1. The molecular weight excluding hydrogens is 422 g/mol. The molecule has 0 saturated heterocycles. The van der Waals surface area contributed by atoms with Crippen LogP contribution in [0.5, 0.6) is 5.75 Å². The summed E-state index contributed by atoms with van der Waals surface area (Å²) in [6.07, 6.45) is 1.66. The van der Waals surface area contributed by atoms with Crippen LogP contribution in [0.4, 0.5) is 0 Å². The van der Waals surface area contributed by atoms with Crippen molar-refractivity contribution in [1.82, 2.24) is 5.32 Å². The average molecular weight is 452 g/mol. The summed E-state index contributed by atoms with van der Waals surface area (Å²) in [6, 6.07) is 12.2. The summed E-state index contributed by atoms with van der Waals surface area (Å²) in [4.78, 5) is 37.0. The van der Waals surface area contributed by atoms with Gasteiger partial charge in [-0.2, -0.15) is 0 Å². The number of amidine groups is 1. The number of benzene rings is 2. The number of carbonyl (C=O) groups is 3. The number of amides is 1. The minimum absolute atomic E-state index is 0.0684. The van der Waals surface area contributed by atoms with Crippen molar-refractivity contribution in [2.24, 2.45) is 11.7 Å². The van der Waals surface area contributed by atoms with E-state index in [4.69, 9.17) is 20.6 Å². The van der Waals surface area contributed by atoms with Gasteiger partial charge in [-0.05, 0) is 67.8 Å². The first-order valence-electron chi connectivity index (χ1n) is 10.5. The lowest BCUT2D eigenvalue weighted by molar-refractivity contribution is -0.148. The van der Waals surface area contributed by atoms with Crippen molar-refractivity contribution in [3.63, 3.8) is 0 Å². The fourth-order valence-electron chi connectivity index (χ4n) is 2.88. The number of hydrogen-bond donors (Lipinski definition) is 3. The molecule has 8 nitrogen and oxygen atoms in total. The second-order valence-corrected chi connectivity index (χ2v) is 7.72. The number of esters is 2. The van der Waals surface area contributed by atoms with Gasteiger partial charge in [-0.15, -0.1) is 0 Å². The molecule has 33 heavy (non-hydrogen) atoms. The number of ether oxygens (including phenoxy) is 2. The molecule has 0 bridgehead atoms. The molecule has 0 spiro atoms. The van der Waals surface area contributed by atoms with Crippen LogP contribution in [0.25, 0.3) is 6.08 Å². The SMILES string of the molecule is CCOC(=O)[C@@H](NC(=O)/C(C)=C/c1ccc(C(=O)Oc2ccc(C(=N)N)cc2)cc1)C(C)C. The van der Waals surface area contributed by atoms with Gasteiger partial charge in [0.2, 0.25) is 5.91 Å². The molecule has 0 aliphatic carbocycles. The third-order valence-electron chi connectivity index (χ3n) is 4.76.